The second kappa shape index (κ2) is 6.77. The summed E-state index contributed by atoms with van der Waals surface area (Å²) in [5.41, 5.74) is 1.60. The summed E-state index contributed by atoms with van der Waals surface area (Å²) in [7, 11) is 0. The van der Waals surface area contributed by atoms with E-state index in [0.717, 1.165) is 24.0 Å². The van der Waals surface area contributed by atoms with Crippen LogP contribution in [-0.2, 0) is 30.4 Å². The van der Waals surface area contributed by atoms with Crippen LogP contribution in [-0.4, -0.2) is 23.8 Å². The Hall–Kier alpha value is -2.14. The molecule has 1 aliphatic heterocycles. The SMILES string of the molecule is CC1(C)OC(=O)C(=Cc2ccccc2COC2CCCC2)C(=O)O1. The average molecular weight is 330 g/mol. The van der Waals surface area contributed by atoms with Gasteiger partial charge in [0, 0.05) is 13.8 Å². The summed E-state index contributed by atoms with van der Waals surface area (Å²) in [5.74, 6) is -2.55. The fraction of sp³-hybridized carbons (Fsp3) is 0.474. The molecular weight excluding hydrogens is 308 g/mol. The van der Waals surface area contributed by atoms with E-state index in [4.69, 9.17) is 14.2 Å². The van der Waals surface area contributed by atoms with E-state index in [1.807, 2.05) is 24.3 Å². The molecule has 0 atom stereocenters. The van der Waals surface area contributed by atoms with Gasteiger partial charge in [0.05, 0.1) is 12.7 Å². The maximum absolute atomic E-state index is 12.1. The molecule has 0 spiro atoms. The molecule has 0 unspecified atom stereocenters. The first-order chi connectivity index (χ1) is 11.4. The van der Waals surface area contributed by atoms with Gasteiger partial charge in [-0.2, -0.15) is 0 Å². The number of ether oxygens (including phenoxy) is 3. The largest absolute Gasteiger partial charge is 0.419 e. The zero-order valence-corrected chi connectivity index (χ0v) is 14.0. The van der Waals surface area contributed by atoms with Crippen LogP contribution in [0.5, 0.6) is 0 Å². The highest BCUT2D eigenvalue weighted by Gasteiger charge is 2.38. The van der Waals surface area contributed by atoms with Gasteiger partial charge in [0.2, 0.25) is 0 Å². The van der Waals surface area contributed by atoms with Crippen molar-refractivity contribution in [2.24, 2.45) is 0 Å². The van der Waals surface area contributed by atoms with Crippen LogP contribution in [0.2, 0.25) is 0 Å². The minimum Gasteiger partial charge on any atom is -0.419 e. The van der Waals surface area contributed by atoms with Gasteiger partial charge in [-0.3, -0.25) is 0 Å². The lowest BCUT2D eigenvalue weighted by molar-refractivity contribution is -0.222. The van der Waals surface area contributed by atoms with Gasteiger partial charge < -0.3 is 14.2 Å². The Labute approximate surface area is 141 Å². The van der Waals surface area contributed by atoms with Gasteiger partial charge in [-0.05, 0) is 30.0 Å². The molecular formula is C19H22O5. The first-order valence-corrected chi connectivity index (χ1v) is 8.32. The Bertz CT molecular complexity index is 646. The third kappa shape index (κ3) is 3.85. The molecule has 0 N–H and O–H groups in total. The van der Waals surface area contributed by atoms with Crippen molar-refractivity contribution in [3.63, 3.8) is 0 Å². The number of hydrogen-bond acceptors (Lipinski definition) is 5. The van der Waals surface area contributed by atoms with E-state index in [1.54, 1.807) is 0 Å². The lowest BCUT2D eigenvalue weighted by Crippen LogP contribution is -2.41. The van der Waals surface area contributed by atoms with E-state index in [1.165, 1.54) is 32.8 Å². The third-order valence-corrected chi connectivity index (χ3v) is 4.25. The molecule has 0 amide bonds. The van der Waals surface area contributed by atoms with Crippen LogP contribution in [0.3, 0.4) is 0 Å². The highest BCUT2D eigenvalue weighted by Crippen LogP contribution is 2.26. The minimum absolute atomic E-state index is 0.0948. The lowest BCUT2D eigenvalue weighted by atomic mass is 10.0. The van der Waals surface area contributed by atoms with E-state index < -0.39 is 17.7 Å². The van der Waals surface area contributed by atoms with Crippen LogP contribution in [0.25, 0.3) is 6.08 Å². The van der Waals surface area contributed by atoms with Crippen molar-refractivity contribution in [1.82, 2.24) is 0 Å². The molecule has 1 heterocycles. The molecule has 5 heteroatoms. The minimum atomic E-state index is -1.23. The molecule has 2 aliphatic rings. The molecule has 1 aliphatic carbocycles. The standard InChI is InChI=1S/C19H22O5/c1-19(2)23-17(20)16(18(21)24-19)11-13-7-3-4-8-14(13)12-22-15-9-5-6-10-15/h3-4,7-8,11,15H,5-6,9-10,12H2,1-2H3. The lowest BCUT2D eigenvalue weighted by Gasteiger charge is -2.29. The molecule has 1 saturated heterocycles. The Balaban J connectivity index is 1.79. The summed E-state index contributed by atoms with van der Waals surface area (Å²) in [6.45, 7) is 3.52. The predicted molar refractivity (Wildman–Crippen MR) is 87.7 cm³/mol. The van der Waals surface area contributed by atoms with Crippen molar-refractivity contribution in [2.75, 3.05) is 0 Å². The van der Waals surface area contributed by atoms with Crippen molar-refractivity contribution in [2.45, 2.75) is 58.0 Å². The van der Waals surface area contributed by atoms with Crippen LogP contribution in [0.15, 0.2) is 29.8 Å². The smallest absolute Gasteiger partial charge is 0.348 e. The van der Waals surface area contributed by atoms with Gasteiger partial charge in [0.15, 0.2) is 0 Å². The highest BCUT2D eigenvalue weighted by atomic mass is 16.7. The average Bonchev–Trinajstić information content (AvgIpc) is 3.02. The summed E-state index contributed by atoms with van der Waals surface area (Å²) in [4.78, 5) is 24.2. The summed E-state index contributed by atoms with van der Waals surface area (Å²) in [6.07, 6.45) is 6.44. The molecule has 24 heavy (non-hydrogen) atoms. The number of benzene rings is 1. The summed E-state index contributed by atoms with van der Waals surface area (Å²) < 4.78 is 16.2. The Morgan fingerprint density at radius 3 is 2.42 bits per heavy atom. The Kier molecular flexibility index (Phi) is 4.71. The molecule has 128 valence electrons. The number of rotatable bonds is 4. The molecule has 0 aromatic heterocycles. The summed E-state index contributed by atoms with van der Waals surface area (Å²) in [5, 5.41) is 0. The molecule has 3 rings (SSSR count). The molecule has 2 fully saturated rings. The normalized spacial score (nSPS) is 20.7. The van der Waals surface area contributed by atoms with Gasteiger partial charge in [0.1, 0.15) is 5.57 Å². The zero-order chi connectivity index (χ0) is 17.2. The van der Waals surface area contributed by atoms with Crippen molar-refractivity contribution in [1.29, 1.82) is 0 Å². The van der Waals surface area contributed by atoms with E-state index in [0.29, 0.717) is 12.7 Å². The van der Waals surface area contributed by atoms with Gasteiger partial charge >= 0.3 is 11.9 Å². The maximum atomic E-state index is 12.1. The predicted octanol–water partition coefficient (Wildman–Crippen LogP) is 3.37. The van der Waals surface area contributed by atoms with Crippen LogP contribution < -0.4 is 0 Å². The van der Waals surface area contributed by atoms with Crippen LogP contribution in [0, 0.1) is 0 Å². The Morgan fingerprint density at radius 1 is 1.12 bits per heavy atom. The van der Waals surface area contributed by atoms with Crippen molar-refractivity contribution < 1.29 is 23.8 Å². The molecule has 1 saturated carbocycles. The molecule has 5 nitrogen and oxygen atoms in total. The van der Waals surface area contributed by atoms with Crippen LogP contribution in [0.1, 0.15) is 50.7 Å². The summed E-state index contributed by atoms with van der Waals surface area (Å²) >= 11 is 0. The quantitative estimate of drug-likeness (QED) is 0.481. The number of cyclic esters (lactones) is 2. The molecule has 1 aromatic rings. The maximum Gasteiger partial charge on any atom is 0.348 e. The monoisotopic (exact) mass is 330 g/mol. The van der Waals surface area contributed by atoms with Gasteiger partial charge in [0.25, 0.3) is 5.79 Å². The molecule has 0 bridgehead atoms. The van der Waals surface area contributed by atoms with Crippen molar-refractivity contribution in [3.8, 4) is 0 Å². The Morgan fingerprint density at radius 2 is 1.75 bits per heavy atom. The first kappa shape index (κ1) is 16.7. The first-order valence-electron chi connectivity index (χ1n) is 8.32. The van der Waals surface area contributed by atoms with E-state index in [2.05, 4.69) is 0 Å². The third-order valence-electron chi connectivity index (χ3n) is 4.25. The van der Waals surface area contributed by atoms with Crippen LogP contribution in [0.4, 0.5) is 0 Å². The second-order valence-electron chi connectivity index (χ2n) is 6.65. The van der Waals surface area contributed by atoms with Gasteiger partial charge in [-0.25, -0.2) is 9.59 Å². The number of carbonyl (C=O) groups is 2. The van der Waals surface area contributed by atoms with Crippen molar-refractivity contribution in [3.05, 3.63) is 41.0 Å². The van der Waals surface area contributed by atoms with E-state index in [9.17, 15) is 9.59 Å². The second-order valence-corrected chi connectivity index (χ2v) is 6.65. The topological polar surface area (TPSA) is 61.8 Å². The summed E-state index contributed by atoms with van der Waals surface area (Å²) in [6, 6.07) is 7.55. The highest BCUT2D eigenvalue weighted by molar-refractivity contribution is 6.18. The zero-order valence-electron chi connectivity index (χ0n) is 14.0. The van der Waals surface area contributed by atoms with E-state index >= 15 is 0 Å². The number of hydrogen-bond donors (Lipinski definition) is 0. The van der Waals surface area contributed by atoms with Gasteiger partial charge in [-0.1, -0.05) is 37.1 Å². The molecule has 0 radical (unpaired) electrons. The van der Waals surface area contributed by atoms with E-state index in [-0.39, 0.29) is 5.57 Å². The number of carbonyl (C=O) groups excluding carboxylic acids is 2. The molecule has 1 aromatic carbocycles. The van der Waals surface area contributed by atoms with Gasteiger partial charge in [-0.15, -0.1) is 0 Å². The van der Waals surface area contributed by atoms with Crippen molar-refractivity contribution >= 4 is 18.0 Å². The van der Waals surface area contributed by atoms with Crippen LogP contribution >= 0.6 is 0 Å². The fourth-order valence-corrected chi connectivity index (χ4v) is 3.00. The number of esters is 2. The fourth-order valence-electron chi connectivity index (χ4n) is 3.00.